The summed E-state index contributed by atoms with van der Waals surface area (Å²) in [4.78, 5) is 14.9. The van der Waals surface area contributed by atoms with Crippen LogP contribution < -0.4 is 10.1 Å². The molecule has 0 saturated heterocycles. The first-order chi connectivity index (χ1) is 13.5. The topological polar surface area (TPSA) is 41.6 Å². The van der Waals surface area contributed by atoms with Gasteiger partial charge in [0.15, 0.2) is 0 Å². The minimum atomic E-state index is -0.215. The lowest BCUT2D eigenvalue weighted by atomic mass is 9.96. The van der Waals surface area contributed by atoms with Gasteiger partial charge in [0, 0.05) is 13.1 Å². The van der Waals surface area contributed by atoms with Crippen LogP contribution in [0.5, 0.6) is 5.75 Å². The highest BCUT2D eigenvalue weighted by Crippen LogP contribution is 2.25. The Labute approximate surface area is 167 Å². The summed E-state index contributed by atoms with van der Waals surface area (Å²) in [6.45, 7) is 3.35. The van der Waals surface area contributed by atoms with Crippen molar-refractivity contribution in [3.63, 3.8) is 0 Å². The molecule has 0 aromatic heterocycles. The summed E-state index contributed by atoms with van der Waals surface area (Å²) in [6.07, 6.45) is 0. The first-order valence-electron chi connectivity index (χ1n) is 9.55. The van der Waals surface area contributed by atoms with E-state index < -0.39 is 0 Å². The zero-order valence-electron chi connectivity index (χ0n) is 17.0. The Balaban J connectivity index is 1.70. The molecular formula is C24H28N2O2. The molecule has 0 aliphatic heterocycles. The molecule has 4 heteroatoms. The molecule has 1 N–H and O–H groups in total. The zero-order chi connectivity index (χ0) is 20.1. The van der Waals surface area contributed by atoms with Crippen LogP contribution >= 0.6 is 0 Å². The summed E-state index contributed by atoms with van der Waals surface area (Å²) < 4.78 is 5.28. The molecule has 1 atom stereocenters. The van der Waals surface area contributed by atoms with Crippen LogP contribution in [0.25, 0.3) is 10.8 Å². The third kappa shape index (κ3) is 4.70. The van der Waals surface area contributed by atoms with Crippen LogP contribution in [-0.2, 0) is 17.9 Å². The van der Waals surface area contributed by atoms with Crippen molar-refractivity contribution in [2.45, 2.75) is 25.9 Å². The van der Waals surface area contributed by atoms with Crippen molar-refractivity contribution in [3.8, 4) is 5.75 Å². The van der Waals surface area contributed by atoms with Crippen LogP contribution in [0.15, 0.2) is 60.7 Å². The van der Waals surface area contributed by atoms with E-state index in [1.165, 1.54) is 5.56 Å². The third-order valence-electron chi connectivity index (χ3n) is 5.02. The van der Waals surface area contributed by atoms with Gasteiger partial charge in [-0.05, 0) is 60.6 Å². The number of nitrogens with zero attached hydrogens (tertiary/aromatic N) is 1. The van der Waals surface area contributed by atoms with Gasteiger partial charge in [0.2, 0.25) is 5.91 Å². The lowest BCUT2D eigenvalue weighted by Gasteiger charge is -2.17. The zero-order valence-corrected chi connectivity index (χ0v) is 17.0. The fourth-order valence-electron chi connectivity index (χ4n) is 3.35. The molecule has 0 radical (unpaired) electrons. The van der Waals surface area contributed by atoms with Gasteiger partial charge < -0.3 is 15.0 Å². The van der Waals surface area contributed by atoms with E-state index in [2.05, 4.69) is 28.4 Å². The van der Waals surface area contributed by atoms with Crippen molar-refractivity contribution >= 4 is 16.7 Å². The van der Waals surface area contributed by atoms with Crippen LogP contribution in [-0.4, -0.2) is 32.0 Å². The summed E-state index contributed by atoms with van der Waals surface area (Å²) in [6, 6.07) is 20.4. The van der Waals surface area contributed by atoms with E-state index in [1.807, 2.05) is 63.5 Å². The maximum Gasteiger partial charge on any atom is 0.227 e. The highest BCUT2D eigenvalue weighted by Gasteiger charge is 2.16. The second-order valence-electron chi connectivity index (χ2n) is 7.42. The smallest absolute Gasteiger partial charge is 0.227 e. The molecule has 3 aromatic carbocycles. The van der Waals surface area contributed by atoms with E-state index >= 15 is 0 Å². The predicted octanol–water partition coefficient (Wildman–Crippen LogP) is 4.33. The predicted molar refractivity (Wildman–Crippen MR) is 115 cm³/mol. The van der Waals surface area contributed by atoms with Crippen molar-refractivity contribution in [2.75, 3.05) is 21.2 Å². The van der Waals surface area contributed by atoms with Gasteiger partial charge in [0.1, 0.15) is 5.75 Å². The van der Waals surface area contributed by atoms with Crippen molar-refractivity contribution in [2.24, 2.45) is 0 Å². The van der Waals surface area contributed by atoms with Crippen molar-refractivity contribution < 1.29 is 9.53 Å². The van der Waals surface area contributed by atoms with Gasteiger partial charge >= 0.3 is 0 Å². The average molecular weight is 377 g/mol. The number of rotatable bonds is 7. The number of fused-ring (bicyclic) bond motifs is 1. The first-order valence-corrected chi connectivity index (χ1v) is 9.55. The van der Waals surface area contributed by atoms with E-state index in [-0.39, 0.29) is 11.8 Å². The second-order valence-corrected chi connectivity index (χ2v) is 7.42. The van der Waals surface area contributed by atoms with Gasteiger partial charge in [0.05, 0.1) is 13.0 Å². The van der Waals surface area contributed by atoms with E-state index in [1.54, 1.807) is 7.11 Å². The maximum absolute atomic E-state index is 12.7. The summed E-state index contributed by atoms with van der Waals surface area (Å²) in [5.41, 5.74) is 3.40. The molecule has 0 heterocycles. The quantitative estimate of drug-likeness (QED) is 0.667. The van der Waals surface area contributed by atoms with Gasteiger partial charge in [-0.25, -0.2) is 0 Å². The fourth-order valence-corrected chi connectivity index (χ4v) is 3.35. The number of amides is 1. The molecule has 1 amide bonds. The van der Waals surface area contributed by atoms with Gasteiger partial charge in [-0.15, -0.1) is 0 Å². The third-order valence-corrected chi connectivity index (χ3v) is 5.02. The lowest BCUT2D eigenvalue weighted by molar-refractivity contribution is -0.122. The van der Waals surface area contributed by atoms with E-state index in [4.69, 9.17) is 4.74 Å². The molecule has 146 valence electrons. The number of carbonyl (C=O) groups is 1. The van der Waals surface area contributed by atoms with E-state index in [9.17, 15) is 4.79 Å². The summed E-state index contributed by atoms with van der Waals surface area (Å²) in [5, 5.41) is 5.31. The van der Waals surface area contributed by atoms with Crippen molar-refractivity contribution in [1.82, 2.24) is 10.2 Å². The number of carbonyl (C=O) groups excluding carboxylic acids is 1. The number of hydrogen-bond acceptors (Lipinski definition) is 3. The monoisotopic (exact) mass is 376 g/mol. The number of ether oxygens (including phenoxy) is 1. The summed E-state index contributed by atoms with van der Waals surface area (Å²) in [7, 11) is 5.76. The van der Waals surface area contributed by atoms with E-state index in [0.717, 1.165) is 34.2 Å². The average Bonchev–Trinajstić information content (AvgIpc) is 2.71. The molecule has 0 fully saturated rings. The minimum absolute atomic E-state index is 0.0347. The van der Waals surface area contributed by atoms with Gasteiger partial charge in [-0.3, -0.25) is 4.79 Å². The Morgan fingerprint density at radius 3 is 2.39 bits per heavy atom. The number of methoxy groups -OCH3 is 1. The van der Waals surface area contributed by atoms with Crippen LogP contribution in [0.3, 0.4) is 0 Å². The Bertz CT molecular complexity index is 966. The molecule has 0 aliphatic carbocycles. The van der Waals surface area contributed by atoms with E-state index in [0.29, 0.717) is 6.54 Å². The van der Waals surface area contributed by atoms with Gasteiger partial charge in [0.25, 0.3) is 0 Å². The number of benzene rings is 3. The Kier molecular flexibility index (Phi) is 6.32. The molecule has 0 saturated carbocycles. The molecule has 3 rings (SSSR count). The Morgan fingerprint density at radius 1 is 1.00 bits per heavy atom. The highest BCUT2D eigenvalue weighted by molar-refractivity contribution is 5.88. The summed E-state index contributed by atoms with van der Waals surface area (Å²) in [5.74, 6) is 0.655. The van der Waals surface area contributed by atoms with Crippen LogP contribution in [0, 0.1) is 0 Å². The Hall–Kier alpha value is -2.85. The molecule has 28 heavy (non-hydrogen) atoms. The number of hydrogen-bond donors (Lipinski definition) is 1. The fraction of sp³-hybridized carbons (Fsp3) is 0.292. The summed E-state index contributed by atoms with van der Waals surface area (Å²) >= 11 is 0. The first kappa shape index (κ1) is 19.9. The minimum Gasteiger partial charge on any atom is -0.497 e. The van der Waals surface area contributed by atoms with Crippen LogP contribution in [0.2, 0.25) is 0 Å². The Morgan fingerprint density at radius 2 is 1.68 bits per heavy atom. The van der Waals surface area contributed by atoms with Crippen LogP contribution in [0.1, 0.15) is 29.5 Å². The largest absolute Gasteiger partial charge is 0.497 e. The maximum atomic E-state index is 12.7. The SMILES string of the molecule is COc1ccc2cc(C(C)C(=O)NCc3ccccc3CN(C)C)ccc2c1. The normalized spacial score (nSPS) is 12.2. The molecule has 0 spiro atoms. The lowest BCUT2D eigenvalue weighted by Crippen LogP contribution is -2.28. The molecule has 0 aliphatic rings. The molecular weight excluding hydrogens is 348 g/mol. The highest BCUT2D eigenvalue weighted by atomic mass is 16.5. The molecule has 1 unspecified atom stereocenters. The standard InChI is InChI=1S/C24H28N2O2/c1-17(18-9-10-20-14-23(28-4)12-11-19(20)13-18)24(27)25-15-21-7-5-6-8-22(21)16-26(2)3/h5-14,17H,15-16H2,1-4H3,(H,25,27). The van der Waals surface area contributed by atoms with Crippen molar-refractivity contribution in [3.05, 3.63) is 77.4 Å². The van der Waals surface area contributed by atoms with Crippen LogP contribution in [0.4, 0.5) is 0 Å². The van der Waals surface area contributed by atoms with Gasteiger partial charge in [-0.1, -0.05) is 48.5 Å². The number of nitrogens with one attached hydrogen (secondary N) is 1. The molecule has 3 aromatic rings. The molecule has 0 bridgehead atoms. The van der Waals surface area contributed by atoms with Gasteiger partial charge in [-0.2, -0.15) is 0 Å². The molecule has 4 nitrogen and oxygen atoms in total. The van der Waals surface area contributed by atoms with Crippen molar-refractivity contribution in [1.29, 1.82) is 0 Å². The second kappa shape index (κ2) is 8.89.